The van der Waals surface area contributed by atoms with Gasteiger partial charge in [0.05, 0.1) is 11.1 Å². The van der Waals surface area contributed by atoms with E-state index in [9.17, 15) is 4.39 Å². The van der Waals surface area contributed by atoms with Crippen molar-refractivity contribution in [2.24, 2.45) is 0 Å². The Hall–Kier alpha value is -1.85. The van der Waals surface area contributed by atoms with E-state index in [2.05, 4.69) is 22.8 Å². The molecular weight excluding hydrogens is 359 g/mol. The topological polar surface area (TPSA) is 33.3 Å². The summed E-state index contributed by atoms with van der Waals surface area (Å²) in [7, 11) is 0. The minimum atomic E-state index is -0.448. The van der Waals surface area contributed by atoms with Crippen LogP contribution in [0.15, 0.2) is 42.5 Å². The summed E-state index contributed by atoms with van der Waals surface area (Å²) in [6, 6.07) is 12.5. The van der Waals surface area contributed by atoms with Crippen LogP contribution in [0.1, 0.15) is 25.8 Å². The molecule has 0 saturated heterocycles. The van der Waals surface area contributed by atoms with Gasteiger partial charge in [0.1, 0.15) is 11.6 Å². The molecule has 0 heterocycles. The molecule has 2 aromatic rings. The number of benzene rings is 2. The van der Waals surface area contributed by atoms with E-state index >= 15 is 0 Å². The highest BCUT2D eigenvalue weighted by molar-refractivity contribution is 7.80. The Morgan fingerprint density at radius 1 is 1.20 bits per heavy atom. The number of hydrogen-bond acceptors (Lipinski definition) is 2. The molecule has 2 rings (SSSR count). The maximum atomic E-state index is 13.1. The molecule has 2 aromatic carbocycles. The van der Waals surface area contributed by atoms with Gasteiger partial charge < -0.3 is 15.4 Å². The number of ether oxygens (including phenoxy) is 1. The van der Waals surface area contributed by atoms with Crippen molar-refractivity contribution in [3.05, 3.63) is 58.9 Å². The highest BCUT2D eigenvalue weighted by Crippen LogP contribution is 2.19. The van der Waals surface area contributed by atoms with Gasteiger partial charge in [0.15, 0.2) is 5.11 Å². The van der Waals surface area contributed by atoms with Crippen LogP contribution in [0.5, 0.6) is 5.75 Å². The Kier molecular flexibility index (Phi) is 7.47. The van der Waals surface area contributed by atoms with Gasteiger partial charge in [-0.1, -0.05) is 23.7 Å². The molecule has 0 radical (unpaired) electrons. The van der Waals surface area contributed by atoms with Gasteiger partial charge >= 0.3 is 0 Å². The van der Waals surface area contributed by atoms with E-state index in [0.29, 0.717) is 10.8 Å². The van der Waals surface area contributed by atoms with Gasteiger partial charge in [-0.25, -0.2) is 4.39 Å². The molecule has 0 fully saturated rings. The Labute approximate surface area is 158 Å². The first-order chi connectivity index (χ1) is 11.9. The maximum absolute atomic E-state index is 13.1. The lowest BCUT2D eigenvalue weighted by molar-refractivity contribution is 0.242. The lowest BCUT2D eigenvalue weighted by atomic mass is 10.1. The average Bonchev–Trinajstić information content (AvgIpc) is 2.56. The molecule has 0 aromatic heterocycles. The molecule has 0 bridgehead atoms. The number of anilines is 1. The van der Waals surface area contributed by atoms with Crippen LogP contribution in [0.4, 0.5) is 10.1 Å². The second-order valence-corrected chi connectivity index (χ2v) is 6.74. The number of hydrogen-bond donors (Lipinski definition) is 2. The van der Waals surface area contributed by atoms with Crippen molar-refractivity contribution in [3.63, 3.8) is 0 Å². The van der Waals surface area contributed by atoms with Crippen LogP contribution >= 0.6 is 23.8 Å². The van der Waals surface area contributed by atoms with Crippen LogP contribution in [-0.4, -0.2) is 17.8 Å². The fraction of sp³-hybridized carbons (Fsp3) is 0.316. The zero-order valence-corrected chi connectivity index (χ0v) is 15.9. The first-order valence-corrected chi connectivity index (χ1v) is 8.98. The van der Waals surface area contributed by atoms with Crippen LogP contribution in [-0.2, 0) is 6.42 Å². The molecule has 0 aliphatic rings. The Balaban J connectivity index is 1.69. The lowest BCUT2D eigenvalue weighted by Crippen LogP contribution is -2.29. The van der Waals surface area contributed by atoms with Crippen molar-refractivity contribution in [1.29, 1.82) is 0 Å². The van der Waals surface area contributed by atoms with Crippen molar-refractivity contribution < 1.29 is 9.13 Å². The summed E-state index contributed by atoms with van der Waals surface area (Å²) >= 11 is 11.0. The molecule has 6 heteroatoms. The monoisotopic (exact) mass is 380 g/mol. The van der Waals surface area contributed by atoms with E-state index in [1.165, 1.54) is 17.7 Å². The maximum Gasteiger partial charge on any atom is 0.170 e. The van der Waals surface area contributed by atoms with Gasteiger partial charge in [0, 0.05) is 12.2 Å². The van der Waals surface area contributed by atoms with Crippen molar-refractivity contribution in [3.8, 4) is 5.75 Å². The smallest absolute Gasteiger partial charge is 0.170 e. The highest BCUT2D eigenvalue weighted by Gasteiger charge is 2.03. The van der Waals surface area contributed by atoms with E-state index in [-0.39, 0.29) is 11.1 Å². The second kappa shape index (κ2) is 9.59. The molecule has 0 amide bonds. The quantitative estimate of drug-likeness (QED) is 0.512. The number of nitrogens with one attached hydrogen (secondary N) is 2. The normalized spacial score (nSPS) is 10.6. The molecule has 0 aliphatic carbocycles. The largest absolute Gasteiger partial charge is 0.491 e. The molecule has 0 spiro atoms. The van der Waals surface area contributed by atoms with Crippen molar-refractivity contribution in [1.82, 2.24) is 5.32 Å². The van der Waals surface area contributed by atoms with Gasteiger partial charge in [0.2, 0.25) is 0 Å². The second-order valence-electron chi connectivity index (χ2n) is 5.92. The van der Waals surface area contributed by atoms with Gasteiger partial charge in [-0.2, -0.15) is 0 Å². The van der Waals surface area contributed by atoms with E-state index < -0.39 is 5.82 Å². The van der Waals surface area contributed by atoms with E-state index in [1.807, 2.05) is 26.0 Å². The lowest BCUT2D eigenvalue weighted by Gasteiger charge is -2.12. The van der Waals surface area contributed by atoms with Crippen LogP contribution in [0.2, 0.25) is 5.02 Å². The number of aryl methyl sites for hydroxylation is 1. The third kappa shape index (κ3) is 6.88. The predicted octanol–water partition coefficient (Wildman–Crippen LogP) is 5.19. The molecule has 134 valence electrons. The molecule has 2 N–H and O–H groups in total. The van der Waals surface area contributed by atoms with Crippen LogP contribution in [0.3, 0.4) is 0 Å². The fourth-order valence-corrected chi connectivity index (χ4v) is 2.65. The minimum absolute atomic E-state index is 0.0673. The Bertz CT molecular complexity index is 707. The molecule has 0 saturated carbocycles. The average molecular weight is 381 g/mol. The van der Waals surface area contributed by atoms with E-state index in [0.717, 1.165) is 25.1 Å². The predicted molar refractivity (Wildman–Crippen MR) is 106 cm³/mol. The van der Waals surface area contributed by atoms with Crippen LogP contribution in [0, 0.1) is 5.82 Å². The van der Waals surface area contributed by atoms with Crippen LogP contribution < -0.4 is 15.4 Å². The molecule has 3 nitrogen and oxygen atoms in total. The number of halogens is 2. The van der Waals surface area contributed by atoms with Gasteiger partial charge in [-0.15, -0.1) is 0 Å². The summed E-state index contributed by atoms with van der Waals surface area (Å²) in [4.78, 5) is 0. The first-order valence-electron chi connectivity index (χ1n) is 8.19. The third-order valence-corrected chi connectivity index (χ3v) is 3.94. The zero-order valence-electron chi connectivity index (χ0n) is 14.3. The van der Waals surface area contributed by atoms with Gasteiger partial charge in [-0.05, 0) is 74.8 Å². The van der Waals surface area contributed by atoms with Gasteiger partial charge in [-0.3, -0.25) is 0 Å². The van der Waals surface area contributed by atoms with Crippen molar-refractivity contribution >= 4 is 34.6 Å². The molecular formula is C19H22ClFN2OS. The van der Waals surface area contributed by atoms with Crippen molar-refractivity contribution in [2.75, 3.05) is 11.9 Å². The third-order valence-electron chi connectivity index (χ3n) is 3.40. The molecule has 0 unspecified atom stereocenters. The summed E-state index contributed by atoms with van der Waals surface area (Å²) in [5, 5.41) is 6.68. The minimum Gasteiger partial charge on any atom is -0.491 e. The standard InChI is InChI=1S/C19H22ClFN2OS/c1-13(2)24-16-8-5-14(6-9-16)4-3-11-22-19(25)23-15-7-10-18(21)17(20)12-15/h5-10,12-13H,3-4,11H2,1-2H3,(H2,22,23,25). The summed E-state index contributed by atoms with van der Waals surface area (Å²) in [5.74, 6) is 0.441. The summed E-state index contributed by atoms with van der Waals surface area (Å²) in [6.45, 7) is 4.76. The first kappa shape index (κ1) is 19.5. The SMILES string of the molecule is CC(C)Oc1ccc(CCCNC(=S)Nc2ccc(F)c(Cl)c2)cc1. The molecule has 0 atom stereocenters. The summed E-state index contributed by atoms with van der Waals surface area (Å²) in [6.07, 6.45) is 2.07. The Morgan fingerprint density at radius 3 is 2.56 bits per heavy atom. The van der Waals surface area contributed by atoms with E-state index in [1.54, 1.807) is 6.07 Å². The molecule has 25 heavy (non-hydrogen) atoms. The number of thiocarbonyl (C=S) groups is 1. The molecule has 0 aliphatic heterocycles. The fourth-order valence-electron chi connectivity index (χ4n) is 2.25. The van der Waals surface area contributed by atoms with Crippen molar-refractivity contribution in [2.45, 2.75) is 32.8 Å². The van der Waals surface area contributed by atoms with Crippen LogP contribution in [0.25, 0.3) is 0 Å². The summed E-state index contributed by atoms with van der Waals surface area (Å²) in [5.41, 5.74) is 1.91. The van der Waals surface area contributed by atoms with Gasteiger partial charge in [0.25, 0.3) is 0 Å². The zero-order chi connectivity index (χ0) is 18.2. The van der Waals surface area contributed by atoms with E-state index in [4.69, 9.17) is 28.6 Å². The highest BCUT2D eigenvalue weighted by atomic mass is 35.5. The summed E-state index contributed by atoms with van der Waals surface area (Å²) < 4.78 is 18.7. The Morgan fingerprint density at radius 2 is 1.92 bits per heavy atom. The number of rotatable bonds is 7.